The second kappa shape index (κ2) is 7.79. The zero-order chi connectivity index (χ0) is 18.8. The molecule has 2 aliphatic rings. The molecule has 1 heterocycles. The summed E-state index contributed by atoms with van der Waals surface area (Å²) in [5.41, 5.74) is 0. The lowest BCUT2D eigenvalue weighted by atomic mass is 9.96. The smallest absolute Gasteiger partial charge is 0.393 e. The number of hydrogen-bond acceptors (Lipinski definition) is 4. The first kappa shape index (κ1) is 20.4. The summed E-state index contributed by atoms with van der Waals surface area (Å²) < 4.78 is 70.0. The van der Waals surface area contributed by atoms with Gasteiger partial charge in [-0.1, -0.05) is 19.8 Å². The highest BCUT2D eigenvalue weighted by Gasteiger charge is 2.54. The second-order valence-corrected chi connectivity index (χ2v) is 9.05. The number of carboxylic acids is 1. The molecule has 0 aromatic heterocycles. The van der Waals surface area contributed by atoms with Gasteiger partial charge in [-0.15, -0.1) is 0 Å². The Balaban J connectivity index is 1.95. The quantitative estimate of drug-likeness (QED) is 0.723. The van der Waals surface area contributed by atoms with Crippen LogP contribution in [0.1, 0.15) is 32.6 Å². The molecular weight excluding hydrogens is 363 g/mol. The second-order valence-electron chi connectivity index (χ2n) is 7.03. The van der Waals surface area contributed by atoms with Crippen molar-refractivity contribution in [1.82, 2.24) is 4.31 Å². The van der Waals surface area contributed by atoms with E-state index in [-0.39, 0.29) is 24.4 Å². The van der Waals surface area contributed by atoms with E-state index < -0.39 is 47.1 Å². The van der Waals surface area contributed by atoms with E-state index in [1.807, 2.05) is 0 Å². The molecule has 0 aromatic rings. The number of aliphatic carboxylic acids is 1. The molecule has 1 saturated carbocycles. The van der Waals surface area contributed by atoms with Crippen molar-refractivity contribution in [2.75, 3.05) is 25.4 Å². The van der Waals surface area contributed by atoms with Crippen molar-refractivity contribution in [2.45, 2.75) is 44.9 Å². The number of alkyl halides is 3. The Morgan fingerprint density at radius 1 is 1.28 bits per heavy atom. The lowest BCUT2D eigenvalue weighted by molar-refractivity contribution is -0.187. The number of hydrogen-bond donors (Lipinski definition) is 1. The van der Waals surface area contributed by atoms with E-state index in [1.165, 1.54) is 0 Å². The maximum Gasteiger partial charge on any atom is 0.393 e. The van der Waals surface area contributed by atoms with Gasteiger partial charge in [-0.25, -0.2) is 12.7 Å². The molecule has 2 fully saturated rings. The Morgan fingerprint density at radius 3 is 2.36 bits per heavy atom. The lowest BCUT2D eigenvalue weighted by Crippen LogP contribution is -2.36. The summed E-state index contributed by atoms with van der Waals surface area (Å²) >= 11 is 0. The van der Waals surface area contributed by atoms with Gasteiger partial charge in [0.1, 0.15) is 0 Å². The average Bonchev–Trinajstić information content (AvgIpc) is 3.13. The van der Waals surface area contributed by atoms with Gasteiger partial charge in [-0.05, 0) is 18.8 Å². The van der Waals surface area contributed by atoms with Crippen LogP contribution >= 0.6 is 0 Å². The third-order valence-corrected chi connectivity index (χ3v) is 6.91. The molecule has 146 valence electrons. The number of carboxylic acid groups (broad SMARTS) is 1. The molecule has 3 atom stereocenters. The molecule has 0 aromatic carbocycles. The van der Waals surface area contributed by atoms with Crippen molar-refractivity contribution < 1.29 is 36.2 Å². The van der Waals surface area contributed by atoms with Crippen LogP contribution in [0.3, 0.4) is 0 Å². The van der Waals surface area contributed by atoms with Crippen molar-refractivity contribution >= 4 is 16.0 Å². The van der Waals surface area contributed by atoms with Gasteiger partial charge >= 0.3 is 12.1 Å². The summed E-state index contributed by atoms with van der Waals surface area (Å²) in [5.74, 6) is -6.29. The van der Waals surface area contributed by atoms with Crippen molar-refractivity contribution in [2.24, 2.45) is 17.8 Å². The first-order valence-corrected chi connectivity index (χ1v) is 10.0. The van der Waals surface area contributed by atoms with Crippen LogP contribution in [0.4, 0.5) is 13.2 Å². The zero-order valence-corrected chi connectivity index (χ0v) is 14.9. The largest absolute Gasteiger partial charge is 0.481 e. The minimum Gasteiger partial charge on any atom is -0.481 e. The fourth-order valence-corrected chi connectivity index (χ4v) is 5.25. The van der Waals surface area contributed by atoms with Crippen LogP contribution < -0.4 is 0 Å². The molecule has 1 aliphatic carbocycles. The van der Waals surface area contributed by atoms with E-state index in [9.17, 15) is 26.4 Å². The SMILES string of the molecule is CC(COC1CCCC1)CS(=O)(=O)N1C[C@@H](C(F)(F)F)[C@H](C(=O)O)C1. The van der Waals surface area contributed by atoms with Gasteiger partial charge < -0.3 is 9.84 Å². The van der Waals surface area contributed by atoms with Crippen molar-refractivity contribution in [1.29, 1.82) is 0 Å². The molecule has 0 bridgehead atoms. The van der Waals surface area contributed by atoms with Gasteiger partial charge in [-0.2, -0.15) is 13.2 Å². The summed E-state index contributed by atoms with van der Waals surface area (Å²) in [4.78, 5) is 11.1. The lowest BCUT2D eigenvalue weighted by Gasteiger charge is -2.21. The minimum atomic E-state index is -4.75. The van der Waals surface area contributed by atoms with E-state index in [0.29, 0.717) is 4.31 Å². The van der Waals surface area contributed by atoms with Gasteiger partial charge in [0, 0.05) is 13.1 Å². The van der Waals surface area contributed by atoms with Crippen molar-refractivity contribution in [3.05, 3.63) is 0 Å². The molecule has 0 radical (unpaired) electrons. The normalized spacial score (nSPS) is 27.7. The molecule has 1 unspecified atom stereocenters. The van der Waals surface area contributed by atoms with Crippen LogP contribution in [0.5, 0.6) is 0 Å². The molecule has 25 heavy (non-hydrogen) atoms. The molecule has 2 rings (SSSR count). The van der Waals surface area contributed by atoms with E-state index in [2.05, 4.69) is 0 Å². The van der Waals surface area contributed by atoms with Gasteiger partial charge in [0.15, 0.2) is 0 Å². The molecule has 0 spiro atoms. The van der Waals surface area contributed by atoms with Crippen molar-refractivity contribution in [3.63, 3.8) is 0 Å². The number of carbonyl (C=O) groups is 1. The summed E-state index contributed by atoms with van der Waals surface area (Å²) in [5, 5.41) is 8.98. The maximum absolute atomic E-state index is 13.0. The van der Waals surface area contributed by atoms with Crippen LogP contribution in [-0.4, -0.2) is 61.5 Å². The fourth-order valence-electron chi connectivity index (χ4n) is 3.45. The van der Waals surface area contributed by atoms with Gasteiger partial charge in [-0.3, -0.25) is 4.79 Å². The third-order valence-electron chi connectivity index (χ3n) is 4.83. The highest BCUT2D eigenvalue weighted by atomic mass is 32.2. The molecule has 1 saturated heterocycles. The molecule has 6 nitrogen and oxygen atoms in total. The monoisotopic (exact) mass is 387 g/mol. The number of sulfonamides is 1. The van der Waals surface area contributed by atoms with E-state index in [4.69, 9.17) is 9.84 Å². The Bertz CT molecular complexity index is 574. The molecule has 1 N–H and O–H groups in total. The zero-order valence-electron chi connectivity index (χ0n) is 14.0. The Kier molecular flexibility index (Phi) is 6.37. The van der Waals surface area contributed by atoms with Crippen LogP contribution in [0.2, 0.25) is 0 Å². The van der Waals surface area contributed by atoms with Gasteiger partial charge in [0.2, 0.25) is 10.0 Å². The van der Waals surface area contributed by atoms with Gasteiger partial charge in [0.25, 0.3) is 0 Å². The van der Waals surface area contributed by atoms with Crippen LogP contribution in [0, 0.1) is 17.8 Å². The van der Waals surface area contributed by atoms with E-state index in [0.717, 1.165) is 25.7 Å². The Hall–Kier alpha value is -0.870. The van der Waals surface area contributed by atoms with E-state index in [1.54, 1.807) is 6.92 Å². The predicted molar refractivity (Wildman–Crippen MR) is 83.4 cm³/mol. The van der Waals surface area contributed by atoms with Crippen LogP contribution in [-0.2, 0) is 19.6 Å². The number of halogens is 3. The summed E-state index contributed by atoms with van der Waals surface area (Å²) in [6, 6.07) is 0. The summed E-state index contributed by atoms with van der Waals surface area (Å²) in [7, 11) is -3.97. The topological polar surface area (TPSA) is 83.9 Å². The Morgan fingerprint density at radius 2 is 1.88 bits per heavy atom. The standard InChI is InChI=1S/C15H24F3NO5S/c1-10(8-24-11-4-2-3-5-11)9-25(22,23)19-6-12(14(20)21)13(7-19)15(16,17)18/h10-13H,2-9H2,1H3,(H,20,21)/t10?,12-,13-/m1/s1. The van der Waals surface area contributed by atoms with Gasteiger partial charge in [0.05, 0.1) is 30.3 Å². The third kappa shape index (κ3) is 5.30. The first-order chi connectivity index (χ1) is 11.5. The molecule has 0 amide bonds. The average molecular weight is 387 g/mol. The number of nitrogens with zero attached hydrogens (tertiary/aromatic N) is 1. The highest BCUT2D eigenvalue weighted by molar-refractivity contribution is 7.89. The Labute approximate surface area is 145 Å². The molecular formula is C15H24F3NO5S. The minimum absolute atomic E-state index is 0.128. The maximum atomic E-state index is 13.0. The molecule has 1 aliphatic heterocycles. The highest BCUT2D eigenvalue weighted by Crippen LogP contribution is 2.38. The van der Waals surface area contributed by atoms with Crippen LogP contribution in [0.15, 0.2) is 0 Å². The predicted octanol–water partition coefficient (Wildman–Crippen LogP) is 2.11. The number of ether oxygens (including phenoxy) is 1. The summed E-state index contributed by atoms with van der Waals surface area (Å²) in [6.07, 6.45) is -0.563. The first-order valence-electron chi connectivity index (χ1n) is 8.39. The van der Waals surface area contributed by atoms with E-state index >= 15 is 0 Å². The fraction of sp³-hybridized carbons (Fsp3) is 0.933. The number of rotatable bonds is 7. The summed E-state index contributed by atoms with van der Waals surface area (Å²) in [6.45, 7) is 0.415. The van der Waals surface area contributed by atoms with Crippen LogP contribution in [0.25, 0.3) is 0 Å². The molecule has 10 heteroatoms. The van der Waals surface area contributed by atoms with Crippen molar-refractivity contribution in [3.8, 4) is 0 Å².